The lowest BCUT2D eigenvalue weighted by molar-refractivity contribution is -0.130. The maximum Gasteiger partial charge on any atom is 0.284 e. The number of hydrogen-bond donors (Lipinski definition) is 1. The van der Waals surface area contributed by atoms with Crippen molar-refractivity contribution in [1.82, 2.24) is 5.43 Å². The number of carbonyl (C=O) groups is 1. The van der Waals surface area contributed by atoms with Crippen LogP contribution in [0.4, 0.5) is 0 Å². The van der Waals surface area contributed by atoms with E-state index in [0.29, 0.717) is 17.2 Å². The summed E-state index contributed by atoms with van der Waals surface area (Å²) in [6.07, 6.45) is -0.729. The van der Waals surface area contributed by atoms with E-state index in [2.05, 4.69) is 10.5 Å². The smallest absolute Gasteiger partial charge is 0.284 e. The molecule has 1 heterocycles. The molecule has 1 amide bonds. The Morgan fingerprint density at radius 1 is 1.17 bits per heavy atom. The zero-order valence-electron chi connectivity index (χ0n) is 13.5. The van der Waals surface area contributed by atoms with Crippen LogP contribution in [0.1, 0.15) is 12.5 Å². The number of hydrogen-bond acceptors (Lipinski definition) is 5. The topological polar surface area (TPSA) is 69.2 Å². The number of rotatable bonds is 4. The van der Waals surface area contributed by atoms with Crippen molar-refractivity contribution in [2.75, 3.05) is 13.7 Å². The van der Waals surface area contributed by atoms with Gasteiger partial charge in [-0.3, -0.25) is 4.79 Å². The minimum absolute atomic E-state index is 0.153. The molecule has 6 nitrogen and oxygen atoms in total. The molecule has 2 aromatic carbocycles. The maximum absolute atomic E-state index is 12.2. The molecule has 0 saturated heterocycles. The average molecular weight is 326 g/mol. The van der Waals surface area contributed by atoms with E-state index in [1.54, 1.807) is 19.2 Å². The first-order valence-corrected chi connectivity index (χ1v) is 7.54. The third kappa shape index (κ3) is 3.48. The number of para-hydroxylation sites is 2. The van der Waals surface area contributed by atoms with Gasteiger partial charge in [0.15, 0.2) is 11.5 Å². The number of carbonyl (C=O) groups excluding carboxylic acids is 1. The SMILES string of the molecule is COc1ccc(/C(C)=N/NC(=O)C2COc3ccccc3O2)cc1. The Balaban J connectivity index is 1.62. The third-order valence-electron chi connectivity index (χ3n) is 3.64. The molecule has 1 unspecified atom stereocenters. The van der Waals surface area contributed by atoms with E-state index in [9.17, 15) is 4.79 Å². The predicted molar refractivity (Wildman–Crippen MR) is 89.7 cm³/mol. The molecule has 1 N–H and O–H groups in total. The summed E-state index contributed by atoms with van der Waals surface area (Å²) in [6, 6.07) is 14.7. The summed E-state index contributed by atoms with van der Waals surface area (Å²) in [6.45, 7) is 1.97. The van der Waals surface area contributed by atoms with E-state index >= 15 is 0 Å². The quantitative estimate of drug-likeness (QED) is 0.692. The fourth-order valence-electron chi connectivity index (χ4n) is 2.26. The third-order valence-corrected chi connectivity index (χ3v) is 3.64. The molecule has 1 atom stereocenters. The number of benzene rings is 2. The van der Waals surface area contributed by atoms with Crippen molar-refractivity contribution < 1.29 is 19.0 Å². The van der Waals surface area contributed by atoms with Gasteiger partial charge in [-0.15, -0.1) is 0 Å². The van der Waals surface area contributed by atoms with Crippen molar-refractivity contribution in [2.24, 2.45) is 5.10 Å². The van der Waals surface area contributed by atoms with Crippen LogP contribution in [0.3, 0.4) is 0 Å². The maximum atomic E-state index is 12.2. The second kappa shape index (κ2) is 7.04. The van der Waals surface area contributed by atoms with Crippen LogP contribution in [0.2, 0.25) is 0 Å². The molecule has 3 rings (SSSR count). The van der Waals surface area contributed by atoms with Crippen LogP contribution >= 0.6 is 0 Å². The Labute approximate surface area is 140 Å². The first kappa shape index (κ1) is 15.9. The summed E-state index contributed by atoms with van der Waals surface area (Å²) in [4.78, 5) is 12.2. The van der Waals surface area contributed by atoms with Gasteiger partial charge in [-0.2, -0.15) is 5.10 Å². The monoisotopic (exact) mass is 326 g/mol. The number of amides is 1. The van der Waals surface area contributed by atoms with E-state index < -0.39 is 6.10 Å². The van der Waals surface area contributed by atoms with Gasteiger partial charge in [0.2, 0.25) is 6.10 Å². The number of nitrogens with one attached hydrogen (secondary N) is 1. The molecule has 2 aromatic rings. The molecular formula is C18H18N2O4. The highest BCUT2D eigenvalue weighted by Gasteiger charge is 2.27. The first-order valence-electron chi connectivity index (χ1n) is 7.54. The van der Waals surface area contributed by atoms with Crippen LogP contribution < -0.4 is 19.6 Å². The van der Waals surface area contributed by atoms with Crippen LogP contribution in [-0.2, 0) is 4.79 Å². The predicted octanol–water partition coefficient (Wildman–Crippen LogP) is 2.38. The van der Waals surface area contributed by atoms with E-state index in [4.69, 9.17) is 14.2 Å². The summed E-state index contributed by atoms with van der Waals surface area (Å²) in [7, 11) is 1.61. The van der Waals surface area contributed by atoms with Crippen molar-refractivity contribution in [3.63, 3.8) is 0 Å². The summed E-state index contributed by atoms with van der Waals surface area (Å²) >= 11 is 0. The van der Waals surface area contributed by atoms with E-state index in [1.807, 2.05) is 43.3 Å². The van der Waals surface area contributed by atoms with Crippen molar-refractivity contribution >= 4 is 11.6 Å². The number of hydrazone groups is 1. The van der Waals surface area contributed by atoms with Gasteiger partial charge in [0.05, 0.1) is 12.8 Å². The summed E-state index contributed by atoms with van der Waals surface area (Å²) in [5, 5.41) is 4.12. The Morgan fingerprint density at radius 2 is 1.88 bits per heavy atom. The Morgan fingerprint density at radius 3 is 2.58 bits per heavy atom. The summed E-state index contributed by atoms with van der Waals surface area (Å²) in [5.74, 6) is 1.61. The number of nitrogens with zero attached hydrogens (tertiary/aromatic N) is 1. The molecule has 24 heavy (non-hydrogen) atoms. The Kier molecular flexibility index (Phi) is 4.65. The van der Waals surface area contributed by atoms with Gasteiger partial charge in [-0.25, -0.2) is 5.43 Å². The van der Waals surface area contributed by atoms with E-state index in [0.717, 1.165) is 11.3 Å². The van der Waals surface area contributed by atoms with Gasteiger partial charge in [0.25, 0.3) is 5.91 Å². The van der Waals surface area contributed by atoms with Crippen molar-refractivity contribution in [2.45, 2.75) is 13.0 Å². The molecule has 6 heteroatoms. The molecule has 0 radical (unpaired) electrons. The summed E-state index contributed by atoms with van der Waals surface area (Å²) < 4.78 is 16.3. The minimum Gasteiger partial charge on any atom is -0.497 e. The molecule has 0 aliphatic carbocycles. The van der Waals surface area contributed by atoms with Crippen molar-refractivity contribution in [1.29, 1.82) is 0 Å². The summed E-state index contributed by atoms with van der Waals surface area (Å²) in [5.41, 5.74) is 4.10. The molecule has 1 aliphatic rings. The Hall–Kier alpha value is -3.02. The van der Waals surface area contributed by atoms with Crippen LogP contribution in [0, 0.1) is 0 Å². The van der Waals surface area contributed by atoms with Gasteiger partial charge in [0.1, 0.15) is 12.4 Å². The fraction of sp³-hybridized carbons (Fsp3) is 0.222. The lowest BCUT2D eigenvalue weighted by atomic mass is 10.1. The van der Waals surface area contributed by atoms with Gasteiger partial charge in [0, 0.05) is 0 Å². The Bertz CT molecular complexity index is 756. The second-order valence-corrected chi connectivity index (χ2v) is 5.27. The van der Waals surface area contributed by atoms with Crippen molar-refractivity contribution in [3.8, 4) is 17.2 Å². The van der Waals surface area contributed by atoms with Crippen molar-refractivity contribution in [3.05, 3.63) is 54.1 Å². The van der Waals surface area contributed by atoms with Gasteiger partial charge in [-0.05, 0) is 48.9 Å². The first-order chi connectivity index (χ1) is 11.7. The van der Waals surface area contributed by atoms with Gasteiger partial charge in [-0.1, -0.05) is 12.1 Å². The molecule has 0 saturated carbocycles. The zero-order valence-corrected chi connectivity index (χ0v) is 13.5. The zero-order chi connectivity index (χ0) is 16.9. The molecule has 0 spiro atoms. The average Bonchev–Trinajstić information content (AvgIpc) is 2.65. The fourth-order valence-corrected chi connectivity index (χ4v) is 2.26. The van der Waals surface area contributed by atoms with Gasteiger partial charge < -0.3 is 14.2 Å². The number of methoxy groups -OCH3 is 1. The molecule has 1 aliphatic heterocycles. The normalized spacial score (nSPS) is 16.4. The number of ether oxygens (including phenoxy) is 3. The highest BCUT2D eigenvalue weighted by atomic mass is 16.6. The van der Waals surface area contributed by atoms with E-state index in [-0.39, 0.29) is 12.5 Å². The standard InChI is InChI=1S/C18H18N2O4/c1-12(13-7-9-14(22-2)10-8-13)19-20-18(21)17-11-23-15-5-3-4-6-16(15)24-17/h3-10,17H,11H2,1-2H3,(H,20,21)/b19-12+. The van der Waals surface area contributed by atoms with Crippen LogP contribution in [0.25, 0.3) is 0 Å². The molecule has 0 bridgehead atoms. The highest BCUT2D eigenvalue weighted by Crippen LogP contribution is 2.30. The van der Waals surface area contributed by atoms with Crippen LogP contribution in [0.15, 0.2) is 53.6 Å². The molecule has 0 fully saturated rings. The molecule has 0 aromatic heterocycles. The lowest BCUT2D eigenvalue weighted by Gasteiger charge is -2.24. The molecule has 124 valence electrons. The second-order valence-electron chi connectivity index (χ2n) is 5.27. The van der Waals surface area contributed by atoms with E-state index in [1.165, 1.54) is 0 Å². The lowest BCUT2D eigenvalue weighted by Crippen LogP contribution is -2.42. The largest absolute Gasteiger partial charge is 0.497 e. The highest BCUT2D eigenvalue weighted by molar-refractivity contribution is 5.99. The minimum atomic E-state index is -0.729. The van der Waals surface area contributed by atoms with Crippen LogP contribution in [-0.4, -0.2) is 31.4 Å². The van der Waals surface area contributed by atoms with Crippen LogP contribution in [0.5, 0.6) is 17.2 Å². The number of fused-ring (bicyclic) bond motifs is 1. The van der Waals surface area contributed by atoms with Gasteiger partial charge >= 0.3 is 0 Å². The molecular weight excluding hydrogens is 308 g/mol.